The van der Waals surface area contributed by atoms with Crippen molar-refractivity contribution in [1.29, 1.82) is 0 Å². The number of anilines is 1. The van der Waals surface area contributed by atoms with Crippen LogP contribution in [-0.2, 0) is 0 Å². The van der Waals surface area contributed by atoms with E-state index in [0.717, 1.165) is 18.2 Å². The van der Waals surface area contributed by atoms with E-state index in [1.807, 2.05) is 13.8 Å². The maximum Gasteiger partial charge on any atom is 0.270 e. The summed E-state index contributed by atoms with van der Waals surface area (Å²) >= 11 is 0. The van der Waals surface area contributed by atoms with E-state index in [1.54, 1.807) is 23.1 Å². The molecule has 2 N–H and O–H groups in total. The molecule has 0 bridgehead atoms. The highest BCUT2D eigenvalue weighted by atomic mass is 16.6. The van der Waals surface area contributed by atoms with E-state index in [4.69, 9.17) is 0 Å². The first kappa shape index (κ1) is 18.9. The second kappa shape index (κ2) is 8.11. The molecule has 8 heteroatoms. The first-order valence-corrected chi connectivity index (χ1v) is 8.05. The van der Waals surface area contributed by atoms with Gasteiger partial charge in [-0.05, 0) is 38.1 Å². The first-order chi connectivity index (χ1) is 12.4. The van der Waals surface area contributed by atoms with Crippen molar-refractivity contribution in [2.45, 2.75) is 13.8 Å². The molecule has 0 atom stereocenters. The molecule has 0 aliphatic carbocycles. The quantitative estimate of drug-likeness (QED) is 0.609. The van der Waals surface area contributed by atoms with E-state index < -0.39 is 10.8 Å². The van der Waals surface area contributed by atoms with Gasteiger partial charge < -0.3 is 15.3 Å². The molecule has 0 fully saturated rings. The molecule has 26 heavy (non-hydrogen) atoms. The van der Waals surface area contributed by atoms with E-state index in [-0.39, 0.29) is 22.9 Å². The van der Waals surface area contributed by atoms with Crippen molar-refractivity contribution < 1.29 is 19.6 Å². The Kier molecular flexibility index (Phi) is 5.90. The van der Waals surface area contributed by atoms with Crippen LogP contribution in [0.4, 0.5) is 11.4 Å². The highest BCUT2D eigenvalue weighted by molar-refractivity contribution is 6.07. The number of nitrogens with zero attached hydrogens (tertiary/aromatic N) is 2. The summed E-state index contributed by atoms with van der Waals surface area (Å²) in [4.78, 5) is 36.6. The number of hydrogen-bond donors (Lipinski definition) is 2. The summed E-state index contributed by atoms with van der Waals surface area (Å²) < 4.78 is 0. The van der Waals surface area contributed by atoms with Gasteiger partial charge in [-0.15, -0.1) is 0 Å². The molecule has 0 heterocycles. The molecule has 0 spiro atoms. The third-order valence-electron chi connectivity index (χ3n) is 3.85. The molecular weight excluding hydrogens is 338 g/mol. The molecule has 0 aromatic heterocycles. The lowest BCUT2D eigenvalue weighted by Crippen LogP contribution is -2.30. The largest absolute Gasteiger partial charge is 0.507 e. The molecule has 0 unspecified atom stereocenters. The number of phenols is 1. The van der Waals surface area contributed by atoms with Crippen LogP contribution >= 0.6 is 0 Å². The van der Waals surface area contributed by atoms with E-state index in [2.05, 4.69) is 5.32 Å². The molecular formula is C18H19N3O5. The van der Waals surface area contributed by atoms with Gasteiger partial charge in [-0.2, -0.15) is 0 Å². The summed E-state index contributed by atoms with van der Waals surface area (Å²) in [6, 6.07) is 9.57. The fourth-order valence-electron chi connectivity index (χ4n) is 2.44. The SMILES string of the molecule is CCN(CC)C(=O)c1cccc(NC(=O)c2cc([N+](=O)[O-])ccc2O)c1. The number of nitro benzene ring substituents is 1. The van der Waals surface area contributed by atoms with Crippen molar-refractivity contribution in [3.63, 3.8) is 0 Å². The minimum atomic E-state index is -0.710. The first-order valence-electron chi connectivity index (χ1n) is 8.05. The number of carbonyl (C=O) groups is 2. The molecule has 8 nitrogen and oxygen atoms in total. The zero-order valence-electron chi connectivity index (χ0n) is 14.4. The Morgan fingerprint density at radius 2 is 1.85 bits per heavy atom. The lowest BCUT2D eigenvalue weighted by atomic mass is 10.1. The lowest BCUT2D eigenvalue weighted by Gasteiger charge is -2.19. The monoisotopic (exact) mass is 357 g/mol. The van der Waals surface area contributed by atoms with E-state index >= 15 is 0 Å². The Hall–Kier alpha value is -3.42. The number of benzene rings is 2. The number of rotatable bonds is 6. The van der Waals surface area contributed by atoms with Crippen LogP contribution in [0, 0.1) is 10.1 Å². The molecule has 0 saturated carbocycles. The molecule has 2 aromatic carbocycles. The maximum absolute atomic E-state index is 12.4. The summed E-state index contributed by atoms with van der Waals surface area (Å²) in [5, 5.41) is 23.2. The van der Waals surface area contributed by atoms with Crippen molar-refractivity contribution >= 4 is 23.2 Å². The molecule has 0 saturated heterocycles. The van der Waals surface area contributed by atoms with E-state index in [9.17, 15) is 24.8 Å². The predicted molar refractivity (Wildman–Crippen MR) is 96.4 cm³/mol. The smallest absolute Gasteiger partial charge is 0.270 e. The van der Waals surface area contributed by atoms with E-state index in [1.165, 1.54) is 6.07 Å². The highest BCUT2D eigenvalue weighted by Crippen LogP contribution is 2.24. The van der Waals surface area contributed by atoms with Crippen LogP contribution in [-0.4, -0.2) is 39.8 Å². The van der Waals surface area contributed by atoms with Crippen molar-refractivity contribution in [3.05, 3.63) is 63.7 Å². The van der Waals surface area contributed by atoms with E-state index in [0.29, 0.717) is 24.3 Å². The van der Waals surface area contributed by atoms with Crippen molar-refractivity contribution in [3.8, 4) is 5.75 Å². The van der Waals surface area contributed by atoms with Crippen molar-refractivity contribution in [2.75, 3.05) is 18.4 Å². The molecule has 0 aliphatic rings. The van der Waals surface area contributed by atoms with Crippen LogP contribution in [0.25, 0.3) is 0 Å². The fourth-order valence-corrected chi connectivity index (χ4v) is 2.44. The van der Waals surface area contributed by atoms with Crippen LogP contribution in [0.1, 0.15) is 34.6 Å². The van der Waals surface area contributed by atoms with Crippen LogP contribution in [0.5, 0.6) is 5.75 Å². The van der Waals surface area contributed by atoms with Gasteiger partial charge in [-0.1, -0.05) is 6.07 Å². The molecule has 0 radical (unpaired) electrons. The Labute approximate surface area is 150 Å². The summed E-state index contributed by atoms with van der Waals surface area (Å²) in [6.07, 6.45) is 0. The van der Waals surface area contributed by atoms with Gasteiger partial charge in [0, 0.05) is 36.5 Å². The van der Waals surface area contributed by atoms with Gasteiger partial charge in [-0.3, -0.25) is 19.7 Å². The van der Waals surface area contributed by atoms with Crippen LogP contribution in [0.3, 0.4) is 0 Å². The number of carbonyl (C=O) groups excluding carboxylic acids is 2. The fraction of sp³-hybridized carbons (Fsp3) is 0.222. The number of nitrogens with one attached hydrogen (secondary N) is 1. The third kappa shape index (κ3) is 4.15. The van der Waals surface area contributed by atoms with Gasteiger partial charge >= 0.3 is 0 Å². The van der Waals surface area contributed by atoms with Gasteiger partial charge in [0.15, 0.2) is 0 Å². The molecule has 2 amide bonds. The zero-order valence-corrected chi connectivity index (χ0v) is 14.4. The Bertz CT molecular complexity index is 846. The molecule has 2 aromatic rings. The number of nitro groups is 1. The van der Waals surface area contributed by atoms with Crippen LogP contribution in [0.2, 0.25) is 0 Å². The topological polar surface area (TPSA) is 113 Å². The summed E-state index contributed by atoms with van der Waals surface area (Å²) in [5.74, 6) is -1.24. The number of phenolic OH excluding ortho intramolecular Hbond substituents is 1. The van der Waals surface area contributed by atoms with Crippen LogP contribution < -0.4 is 5.32 Å². The third-order valence-corrected chi connectivity index (χ3v) is 3.85. The Balaban J connectivity index is 2.25. The molecule has 0 aliphatic heterocycles. The van der Waals surface area contributed by atoms with Crippen molar-refractivity contribution in [2.24, 2.45) is 0 Å². The minimum Gasteiger partial charge on any atom is -0.507 e. The van der Waals surface area contributed by atoms with Crippen molar-refractivity contribution in [1.82, 2.24) is 4.90 Å². The van der Waals surface area contributed by atoms with Gasteiger partial charge in [0.2, 0.25) is 0 Å². The van der Waals surface area contributed by atoms with Crippen LogP contribution in [0.15, 0.2) is 42.5 Å². The number of hydrogen-bond acceptors (Lipinski definition) is 5. The molecule has 136 valence electrons. The zero-order chi connectivity index (χ0) is 19.3. The lowest BCUT2D eigenvalue weighted by molar-refractivity contribution is -0.384. The normalized spacial score (nSPS) is 10.2. The van der Waals surface area contributed by atoms with Gasteiger partial charge in [0.1, 0.15) is 5.75 Å². The summed E-state index contributed by atoms with van der Waals surface area (Å²) in [5.41, 5.74) is 0.228. The van der Waals surface area contributed by atoms with Gasteiger partial charge in [0.05, 0.1) is 10.5 Å². The van der Waals surface area contributed by atoms with Gasteiger partial charge in [-0.25, -0.2) is 0 Å². The highest BCUT2D eigenvalue weighted by Gasteiger charge is 2.18. The number of non-ortho nitro benzene ring substituents is 1. The molecule has 2 rings (SSSR count). The average Bonchev–Trinajstić information content (AvgIpc) is 2.62. The number of aromatic hydroxyl groups is 1. The maximum atomic E-state index is 12.4. The summed E-state index contributed by atoms with van der Waals surface area (Å²) in [7, 11) is 0. The van der Waals surface area contributed by atoms with Gasteiger partial charge in [0.25, 0.3) is 17.5 Å². The Morgan fingerprint density at radius 1 is 1.15 bits per heavy atom. The Morgan fingerprint density at radius 3 is 2.46 bits per heavy atom. The minimum absolute atomic E-state index is 0.163. The average molecular weight is 357 g/mol. The second-order valence-corrected chi connectivity index (χ2v) is 5.47. The summed E-state index contributed by atoms with van der Waals surface area (Å²) in [6.45, 7) is 4.87. The number of amides is 2. The second-order valence-electron chi connectivity index (χ2n) is 5.47. The predicted octanol–water partition coefficient (Wildman–Crippen LogP) is 3.03. The standard InChI is InChI=1S/C18H19N3O5/c1-3-20(4-2)18(24)12-6-5-7-13(10-12)19-17(23)15-11-14(21(25)26)8-9-16(15)22/h5-11,22H,3-4H2,1-2H3,(H,19,23).